The fourth-order valence-corrected chi connectivity index (χ4v) is 2.54. The molecule has 3 heteroatoms. The lowest BCUT2D eigenvalue weighted by Crippen LogP contribution is -2.51. The first-order valence-electron chi connectivity index (χ1n) is 5.95. The average molecular weight is 210 g/mol. The molecule has 0 saturated heterocycles. The van der Waals surface area contributed by atoms with E-state index in [0.717, 1.165) is 25.8 Å². The average Bonchev–Trinajstić information content (AvgIpc) is 2.25. The van der Waals surface area contributed by atoms with Gasteiger partial charge in [0.25, 0.3) is 0 Å². The fourth-order valence-electron chi connectivity index (χ4n) is 2.54. The first-order chi connectivity index (χ1) is 7.22. The Morgan fingerprint density at radius 2 is 2.40 bits per heavy atom. The predicted molar refractivity (Wildman–Crippen MR) is 60.3 cm³/mol. The number of aliphatic hydroxyl groups is 1. The van der Waals surface area contributed by atoms with Gasteiger partial charge in [0.1, 0.15) is 0 Å². The summed E-state index contributed by atoms with van der Waals surface area (Å²) in [6.45, 7) is 3.32. The topological polar surface area (TPSA) is 56.0 Å². The zero-order chi connectivity index (χ0) is 11.1. The maximum absolute atomic E-state index is 9.49. The standard InChI is InChI=1S/C12H22N2O/c1-11-5-4-6-12(9-11,10-15)14-8-3-2-7-13/h11,14-15H,2-6,8-10H2,1H3. The molecule has 15 heavy (non-hydrogen) atoms. The van der Waals surface area contributed by atoms with E-state index in [-0.39, 0.29) is 12.1 Å². The molecule has 2 unspecified atom stereocenters. The SMILES string of the molecule is CC1CCCC(CO)(NCCCC#N)C1. The van der Waals surface area contributed by atoms with E-state index in [1.165, 1.54) is 12.8 Å². The lowest BCUT2D eigenvalue weighted by atomic mass is 9.77. The van der Waals surface area contributed by atoms with Crippen LogP contribution in [0, 0.1) is 17.2 Å². The summed E-state index contributed by atoms with van der Waals surface area (Å²) in [7, 11) is 0. The van der Waals surface area contributed by atoms with Gasteiger partial charge in [-0.2, -0.15) is 5.26 Å². The summed E-state index contributed by atoms with van der Waals surface area (Å²) in [4.78, 5) is 0. The van der Waals surface area contributed by atoms with Crippen LogP contribution in [-0.4, -0.2) is 23.8 Å². The highest BCUT2D eigenvalue weighted by molar-refractivity contribution is 4.92. The van der Waals surface area contributed by atoms with E-state index in [1.54, 1.807) is 0 Å². The Morgan fingerprint density at radius 1 is 1.60 bits per heavy atom. The van der Waals surface area contributed by atoms with Gasteiger partial charge in [0.05, 0.1) is 12.7 Å². The lowest BCUT2D eigenvalue weighted by Gasteiger charge is -2.39. The number of unbranched alkanes of at least 4 members (excludes halogenated alkanes) is 1. The highest BCUT2D eigenvalue weighted by Gasteiger charge is 2.33. The van der Waals surface area contributed by atoms with E-state index in [1.807, 2.05) is 0 Å². The van der Waals surface area contributed by atoms with Gasteiger partial charge in [-0.3, -0.25) is 0 Å². The molecule has 0 spiro atoms. The molecule has 0 bridgehead atoms. The molecule has 1 aliphatic rings. The van der Waals surface area contributed by atoms with Crippen LogP contribution in [0.15, 0.2) is 0 Å². The van der Waals surface area contributed by atoms with E-state index >= 15 is 0 Å². The van der Waals surface area contributed by atoms with Crippen molar-refractivity contribution in [2.24, 2.45) is 5.92 Å². The van der Waals surface area contributed by atoms with Crippen molar-refractivity contribution < 1.29 is 5.11 Å². The first-order valence-corrected chi connectivity index (χ1v) is 5.95. The predicted octanol–water partition coefficient (Wildman–Crippen LogP) is 1.82. The number of nitrogens with zero attached hydrogens (tertiary/aromatic N) is 1. The summed E-state index contributed by atoms with van der Waals surface area (Å²) in [6, 6.07) is 2.14. The molecule has 1 aliphatic carbocycles. The highest BCUT2D eigenvalue weighted by Crippen LogP contribution is 2.31. The molecule has 3 nitrogen and oxygen atoms in total. The Balaban J connectivity index is 2.35. The van der Waals surface area contributed by atoms with E-state index in [4.69, 9.17) is 5.26 Å². The third-order valence-electron chi connectivity index (χ3n) is 3.36. The molecule has 0 heterocycles. The van der Waals surface area contributed by atoms with Gasteiger partial charge in [-0.15, -0.1) is 0 Å². The molecule has 2 atom stereocenters. The zero-order valence-electron chi connectivity index (χ0n) is 9.63. The Hall–Kier alpha value is -0.590. The summed E-state index contributed by atoms with van der Waals surface area (Å²) in [6.07, 6.45) is 6.10. The van der Waals surface area contributed by atoms with Gasteiger partial charge >= 0.3 is 0 Å². The molecule has 0 amide bonds. The Kier molecular flexibility index (Phi) is 5.07. The van der Waals surface area contributed by atoms with Crippen LogP contribution in [0.4, 0.5) is 0 Å². The minimum atomic E-state index is -0.0624. The Morgan fingerprint density at radius 3 is 3.00 bits per heavy atom. The van der Waals surface area contributed by atoms with Gasteiger partial charge in [0.2, 0.25) is 0 Å². The summed E-state index contributed by atoms with van der Waals surface area (Å²) in [5.41, 5.74) is -0.0624. The largest absolute Gasteiger partial charge is 0.394 e. The second-order valence-electron chi connectivity index (χ2n) is 4.83. The van der Waals surface area contributed by atoms with Gasteiger partial charge in [-0.25, -0.2) is 0 Å². The Labute approximate surface area is 92.5 Å². The molecule has 0 aliphatic heterocycles. The minimum Gasteiger partial charge on any atom is -0.394 e. The van der Waals surface area contributed by atoms with Crippen LogP contribution in [0.1, 0.15) is 45.4 Å². The number of nitriles is 1. The van der Waals surface area contributed by atoms with Gasteiger partial charge in [-0.1, -0.05) is 19.8 Å². The normalized spacial score (nSPS) is 31.1. The number of nitrogens with one attached hydrogen (secondary N) is 1. The van der Waals surface area contributed by atoms with Crippen molar-refractivity contribution in [3.05, 3.63) is 0 Å². The summed E-state index contributed by atoms with van der Waals surface area (Å²) in [5.74, 6) is 0.703. The number of rotatable bonds is 5. The number of hydrogen-bond donors (Lipinski definition) is 2. The van der Waals surface area contributed by atoms with Crippen molar-refractivity contribution in [3.63, 3.8) is 0 Å². The highest BCUT2D eigenvalue weighted by atomic mass is 16.3. The van der Waals surface area contributed by atoms with Gasteiger partial charge < -0.3 is 10.4 Å². The number of aliphatic hydroxyl groups excluding tert-OH is 1. The van der Waals surface area contributed by atoms with Crippen molar-refractivity contribution in [3.8, 4) is 6.07 Å². The van der Waals surface area contributed by atoms with Crippen LogP contribution in [0.3, 0.4) is 0 Å². The van der Waals surface area contributed by atoms with E-state index < -0.39 is 0 Å². The van der Waals surface area contributed by atoms with Gasteiger partial charge in [-0.05, 0) is 31.7 Å². The van der Waals surface area contributed by atoms with Crippen LogP contribution in [0.25, 0.3) is 0 Å². The monoisotopic (exact) mass is 210 g/mol. The van der Waals surface area contributed by atoms with Crippen molar-refractivity contribution in [2.75, 3.05) is 13.2 Å². The van der Waals surface area contributed by atoms with Crippen molar-refractivity contribution in [1.82, 2.24) is 5.32 Å². The molecular formula is C12H22N2O. The quantitative estimate of drug-likeness (QED) is 0.681. The summed E-state index contributed by atoms with van der Waals surface area (Å²) >= 11 is 0. The molecule has 0 aromatic carbocycles. The second-order valence-corrected chi connectivity index (χ2v) is 4.83. The third-order valence-corrected chi connectivity index (χ3v) is 3.36. The van der Waals surface area contributed by atoms with Crippen molar-refractivity contribution >= 4 is 0 Å². The zero-order valence-corrected chi connectivity index (χ0v) is 9.63. The smallest absolute Gasteiger partial charge is 0.0622 e. The van der Waals surface area contributed by atoms with E-state index in [0.29, 0.717) is 12.3 Å². The molecule has 86 valence electrons. The fraction of sp³-hybridized carbons (Fsp3) is 0.917. The van der Waals surface area contributed by atoms with Crippen LogP contribution in [0.5, 0.6) is 0 Å². The first kappa shape index (κ1) is 12.5. The van der Waals surface area contributed by atoms with Crippen LogP contribution >= 0.6 is 0 Å². The molecule has 1 fully saturated rings. The maximum atomic E-state index is 9.49. The van der Waals surface area contributed by atoms with Gasteiger partial charge in [0.15, 0.2) is 0 Å². The molecular weight excluding hydrogens is 188 g/mol. The summed E-state index contributed by atoms with van der Waals surface area (Å²) in [5, 5.41) is 21.4. The minimum absolute atomic E-state index is 0.0624. The van der Waals surface area contributed by atoms with Crippen molar-refractivity contribution in [2.45, 2.75) is 51.0 Å². The van der Waals surface area contributed by atoms with E-state index in [9.17, 15) is 5.11 Å². The van der Waals surface area contributed by atoms with Crippen LogP contribution < -0.4 is 5.32 Å². The molecule has 0 aromatic heterocycles. The summed E-state index contributed by atoms with van der Waals surface area (Å²) < 4.78 is 0. The maximum Gasteiger partial charge on any atom is 0.0622 e. The number of hydrogen-bond acceptors (Lipinski definition) is 3. The van der Waals surface area contributed by atoms with Crippen LogP contribution in [-0.2, 0) is 0 Å². The van der Waals surface area contributed by atoms with E-state index in [2.05, 4.69) is 18.3 Å². The lowest BCUT2D eigenvalue weighted by molar-refractivity contribution is 0.0998. The molecule has 1 saturated carbocycles. The molecule has 0 radical (unpaired) electrons. The Bertz CT molecular complexity index is 224. The molecule has 1 rings (SSSR count). The van der Waals surface area contributed by atoms with Gasteiger partial charge in [0, 0.05) is 12.0 Å². The molecule has 2 N–H and O–H groups in total. The second kappa shape index (κ2) is 6.09. The third kappa shape index (κ3) is 3.81. The van der Waals surface area contributed by atoms with Crippen LogP contribution in [0.2, 0.25) is 0 Å². The van der Waals surface area contributed by atoms with Crippen molar-refractivity contribution in [1.29, 1.82) is 5.26 Å². The molecule has 0 aromatic rings.